The van der Waals surface area contributed by atoms with Gasteiger partial charge in [-0.25, -0.2) is 8.42 Å². The fourth-order valence-corrected chi connectivity index (χ4v) is 7.86. The maximum atomic E-state index is 14.1. The van der Waals surface area contributed by atoms with Crippen molar-refractivity contribution in [3.63, 3.8) is 0 Å². The van der Waals surface area contributed by atoms with Crippen molar-refractivity contribution in [1.29, 1.82) is 0 Å². The lowest BCUT2D eigenvalue weighted by molar-refractivity contribution is -0.142. The van der Waals surface area contributed by atoms with E-state index in [1.807, 2.05) is 66.7 Å². The van der Waals surface area contributed by atoms with Gasteiger partial charge < -0.3 is 9.52 Å². The highest BCUT2D eigenvalue weighted by atomic mass is 32.2. The summed E-state index contributed by atoms with van der Waals surface area (Å²) in [6.45, 7) is 2.96. The third-order valence-corrected chi connectivity index (χ3v) is 10.6. The summed E-state index contributed by atoms with van der Waals surface area (Å²) >= 11 is 0. The zero-order valence-corrected chi connectivity index (χ0v) is 28.8. The van der Waals surface area contributed by atoms with E-state index in [4.69, 9.17) is 4.42 Å². The summed E-state index contributed by atoms with van der Waals surface area (Å²) in [5.74, 6) is -0.741. The van der Waals surface area contributed by atoms with Crippen LogP contribution in [-0.2, 0) is 34.0 Å². The van der Waals surface area contributed by atoms with Crippen LogP contribution in [0.2, 0.25) is 0 Å². The van der Waals surface area contributed by atoms with Gasteiger partial charge >= 0.3 is 12.1 Å². The van der Waals surface area contributed by atoms with Gasteiger partial charge in [0.15, 0.2) is 0 Å². The molecule has 0 bridgehead atoms. The van der Waals surface area contributed by atoms with Crippen molar-refractivity contribution in [1.82, 2.24) is 4.31 Å². The molecule has 1 atom stereocenters. The van der Waals surface area contributed by atoms with Crippen LogP contribution in [0.5, 0.6) is 0 Å². The van der Waals surface area contributed by atoms with Crippen LogP contribution in [0.3, 0.4) is 0 Å². The molecule has 0 aliphatic heterocycles. The van der Waals surface area contributed by atoms with Crippen molar-refractivity contribution in [2.24, 2.45) is 5.92 Å². The number of aliphatic carboxylic acids is 1. The lowest BCUT2D eigenvalue weighted by atomic mass is 9.96. The Morgan fingerprint density at radius 2 is 1.35 bits per heavy atom. The van der Waals surface area contributed by atoms with E-state index < -0.39 is 40.3 Å². The van der Waals surface area contributed by atoms with Gasteiger partial charge in [-0.3, -0.25) is 4.79 Å². The summed E-state index contributed by atoms with van der Waals surface area (Å²) in [5, 5.41) is 11.1. The topological polar surface area (TPSA) is 87.8 Å². The molecule has 1 N–H and O–H groups in total. The fourth-order valence-electron chi connectivity index (χ4n) is 6.28. The zero-order chi connectivity index (χ0) is 36.3. The van der Waals surface area contributed by atoms with Crippen molar-refractivity contribution in [3.8, 4) is 22.3 Å². The molecule has 1 heterocycles. The van der Waals surface area contributed by atoms with Crippen LogP contribution in [0, 0.1) is 5.92 Å². The number of carboxylic acid groups (broad SMARTS) is 1. The van der Waals surface area contributed by atoms with Crippen LogP contribution in [0.15, 0.2) is 137 Å². The van der Waals surface area contributed by atoms with Gasteiger partial charge in [-0.15, -0.1) is 0 Å². The number of benzene rings is 5. The number of rotatable bonds is 12. The average Bonchev–Trinajstić information content (AvgIpc) is 3.47. The van der Waals surface area contributed by atoms with Crippen LogP contribution in [0.25, 0.3) is 33.2 Å². The van der Waals surface area contributed by atoms with Gasteiger partial charge in [0.1, 0.15) is 17.4 Å². The molecule has 0 radical (unpaired) electrons. The monoisotopic (exact) mass is 711 g/mol. The molecule has 0 aliphatic rings. The lowest BCUT2D eigenvalue weighted by Gasteiger charge is -2.29. The Labute approximate surface area is 294 Å². The molecular formula is C41H36F3NO5S. The minimum absolute atomic E-state index is 0.0254. The van der Waals surface area contributed by atoms with E-state index in [2.05, 4.69) is 12.1 Å². The molecule has 10 heteroatoms. The van der Waals surface area contributed by atoms with Crippen molar-refractivity contribution in [2.45, 2.75) is 50.3 Å². The van der Waals surface area contributed by atoms with Gasteiger partial charge in [-0.05, 0) is 64.4 Å². The van der Waals surface area contributed by atoms with E-state index in [1.54, 1.807) is 26.0 Å². The molecule has 0 saturated heterocycles. The summed E-state index contributed by atoms with van der Waals surface area (Å²) in [7, 11) is -4.46. The number of sulfonamides is 1. The Morgan fingerprint density at radius 3 is 1.98 bits per heavy atom. The van der Waals surface area contributed by atoms with Gasteiger partial charge in [-0.1, -0.05) is 117 Å². The second kappa shape index (κ2) is 14.6. The summed E-state index contributed by atoms with van der Waals surface area (Å²) in [6.07, 6.45) is -4.06. The number of carboxylic acids is 1. The van der Waals surface area contributed by atoms with E-state index in [0.29, 0.717) is 6.42 Å². The second-order valence-corrected chi connectivity index (χ2v) is 14.8. The van der Waals surface area contributed by atoms with Crippen LogP contribution in [0.1, 0.15) is 42.7 Å². The minimum atomic E-state index is -4.64. The van der Waals surface area contributed by atoms with Crippen molar-refractivity contribution < 1.29 is 35.9 Å². The quantitative estimate of drug-likeness (QED) is 0.137. The summed E-state index contributed by atoms with van der Waals surface area (Å²) in [5.41, 5.74) is 4.50. The summed E-state index contributed by atoms with van der Waals surface area (Å²) in [6, 6.07) is 34.7. The third-order valence-electron chi connectivity index (χ3n) is 8.76. The normalized spacial score (nSPS) is 12.8. The molecule has 1 unspecified atom stereocenters. The predicted octanol–water partition coefficient (Wildman–Crippen LogP) is 10.1. The molecule has 0 amide bonds. The molecule has 0 fully saturated rings. The molecule has 5 aromatic carbocycles. The number of fused-ring (bicyclic) bond motifs is 1. The molecule has 51 heavy (non-hydrogen) atoms. The van der Waals surface area contributed by atoms with E-state index >= 15 is 0 Å². The maximum Gasteiger partial charge on any atom is 0.416 e. The molecule has 0 spiro atoms. The number of nitrogens with zero attached hydrogens (tertiary/aromatic N) is 1. The van der Waals surface area contributed by atoms with E-state index in [9.17, 15) is 31.5 Å². The van der Waals surface area contributed by atoms with Crippen LogP contribution in [0.4, 0.5) is 13.2 Å². The predicted molar refractivity (Wildman–Crippen MR) is 191 cm³/mol. The smallest absolute Gasteiger partial charge is 0.416 e. The number of para-hydroxylation sites is 1. The van der Waals surface area contributed by atoms with E-state index in [-0.39, 0.29) is 22.8 Å². The largest absolute Gasteiger partial charge is 0.480 e. The van der Waals surface area contributed by atoms with Crippen molar-refractivity contribution in [2.75, 3.05) is 0 Å². The molecular weight excluding hydrogens is 676 g/mol. The van der Waals surface area contributed by atoms with Gasteiger partial charge in [0.25, 0.3) is 0 Å². The zero-order valence-electron chi connectivity index (χ0n) is 28.0. The molecule has 6 nitrogen and oxygen atoms in total. The van der Waals surface area contributed by atoms with Gasteiger partial charge in [0.05, 0.1) is 10.5 Å². The molecule has 0 aliphatic carbocycles. The highest BCUT2D eigenvalue weighted by Gasteiger charge is 2.37. The SMILES string of the molecule is CC(C)CC(C(=O)O)N(Cc1cccc(C(F)(F)F)c1)S(=O)(=O)c1ccc(-c2ccc(-c3c(Cc4ccccc4)oc4ccccc34)cc2)cc1. The first-order valence-electron chi connectivity index (χ1n) is 16.5. The molecule has 6 rings (SSSR count). The van der Waals surface area contributed by atoms with Gasteiger partial charge in [-0.2, -0.15) is 17.5 Å². The van der Waals surface area contributed by atoms with E-state index in [0.717, 1.165) is 61.0 Å². The maximum absolute atomic E-state index is 14.1. The molecule has 6 aromatic rings. The standard InChI is InChI=1S/C41H36F3NO5S/c1-27(2)23-36(40(46)47)45(26-29-11-8-12-33(24-29)41(42,43)44)51(48,49)34-21-19-31(20-22-34)30-15-17-32(18-16-30)39-35-13-6-7-14-37(35)50-38(39)25-28-9-4-3-5-10-28/h3-22,24,27,36H,23,25-26H2,1-2H3,(H,46,47). The summed E-state index contributed by atoms with van der Waals surface area (Å²) < 4.78 is 75.6. The van der Waals surface area contributed by atoms with Gasteiger partial charge in [0.2, 0.25) is 10.0 Å². The highest BCUT2D eigenvalue weighted by Crippen LogP contribution is 2.37. The first-order valence-corrected chi connectivity index (χ1v) is 17.9. The molecule has 262 valence electrons. The number of furan rings is 1. The highest BCUT2D eigenvalue weighted by molar-refractivity contribution is 7.89. The Hall–Kier alpha value is -5.19. The fraction of sp³-hybridized carbons (Fsp3) is 0.195. The number of carbonyl (C=O) groups is 1. The van der Waals surface area contributed by atoms with E-state index in [1.165, 1.54) is 24.3 Å². The minimum Gasteiger partial charge on any atom is -0.480 e. The number of halogens is 3. The Bertz CT molecular complexity index is 2250. The average molecular weight is 712 g/mol. The van der Waals surface area contributed by atoms with Gasteiger partial charge in [0, 0.05) is 23.9 Å². The van der Waals surface area contributed by atoms with Crippen LogP contribution in [-0.4, -0.2) is 29.8 Å². The Morgan fingerprint density at radius 1 is 0.765 bits per heavy atom. The molecule has 1 aromatic heterocycles. The first-order chi connectivity index (χ1) is 24.3. The van der Waals surface area contributed by atoms with Crippen molar-refractivity contribution >= 4 is 27.0 Å². The number of hydrogen-bond acceptors (Lipinski definition) is 4. The van der Waals surface area contributed by atoms with Crippen molar-refractivity contribution in [3.05, 3.63) is 150 Å². The van der Waals surface area contributed by atoms with Crippen LogP contribution < -0.4 is 0 Å². The number of hydrogen-bond donors (Lipinski definition) is 1. The Kier molecular flexibility index (Phi) is 10.2. The summed E-state index contributed by atoms with van der Waals surface area (Å²) in [4.78, 5) is 12.2. The lowest BCUT2D eigenvalue weighted by Crippen LogP contribution is -2.45. The number of alkyl halides is 3. The third kappa shape index (κ3) is 7.92. The second-order valence-electron chi connectivity index (χ2n) is 12.9. The first kappa shape index (κ1) is 35.6. The van der Waals surface area contributed by atoms with Crippen LogP contribution >= 0.6 is 0 Å². The molecule has 0 saturated carbocycles. The Balaban J connectivity index is 1.30.